The Balaban J connectivity index is 0. The third-order valence-corrected chi connectivity index (χ3v) is 7.35. The van der Waals surface area contributed by atoms with Crippen molar-refractivity contribution in [3.63, 3.8) is 0 Å². The molecule has 0 aromatic carbocycles. The quantitative estimate of drug-likeness (QED) is 0.333. The third kappa shape index (κ3) is 17.7. The van der Waals surface area contributed by atoms with Crippen molar-refractivity contribution in [2.24, 2.45) is 15.2 Å². The first-order chi connectivity index (χ1) is 12.0. The van der Waals surface area contributed by atoms with Crippen LogP contribution in [0.1, 0.15) is 112 Å². The fourth-order valence-corrected chi connectivity index (χ4v) is 3.39. The Hall–Kier alpha value is 0.540. The van der Waals surface area contributed by atoms with E-state index in [0.717, 1.165) is 39.1 Å². The molecule has 0 aliphatic heterocycles. The summed E-state index contributed by atoms with van der Waals surface area (Å²) in [5.74, 6) is 2.11. The molecule has 0 atom stereocenters. The second-order valence-corrected chi connectivity index (χ2v) is 8.42. The van der Waals surface area contributed by atoms with Crippen LogP contribution in [-0.2, 0) is 20.9 Å². The van der Waals surface area contributed by atoms with E-state index >= 15 is 0 Å². The summed E-state index contributed by atoms with van der Waals surface area (Å²) in [4.78, 5) is 0. The van der Waals surface area contributed by atoms with Crippen LogP contribution in [-0.4, -0.2) is 5.54 Å². The van der Waals surface area contributed by atoms with Crippen molar-refractivity contribution >= 4 is 0 Å². The van der Waals surface area contributed by atoms with Crippen LogP contribution >= 0.6 is 0 Å². The van der Waals surface area contributed by atoms with Gasteiger partial charge in [-0.05, 0) is 11.8 Å². The van der Waals surface area contributed by atoms with Crippen molar-refractivity contribution < 1.29 is 20.9 Å². The van der Waals surface area contributed by atoms with Crippen molar-refractivity contribution in [1.29, 1.82) is 0 Å². The topological polar surface area (TPSA) is 12.4 Å². The zero-order chi connectivity index (χ0) is 19.6. The molecule has 0 heterocycles. The van der Waals surface area contributed by atoms with Crippen LogP contribution in [0.4, 0.5) is 0 Å². The Morgan fingerprint density at radius 1 is 0.840 bits per heavy atom. The van der Waals surface area contributed by atoms with Crippen molar-refractivity contribution in [2.45, 2.75) is 118 Å². The molecule has 0 bridgehead atoms. The molecule has 25 heavy (non-hydrogen) atoms. The first-order valence-corrected chi connectivity index (χ1v) is 12.1. The minimum Gasteiger partial charge on any atom is -0.346 e. The van der Waals surface area contributed by atoms with Gasteiger partial charge in [-0.1, -0.05) is 52.4 Å². The number of nitrogens with zero attached hydrogens (tertiary/aromatic N) is 1. The van der Waals surface area contributed by atoms with E-state index in [9.17, 15) is 0 Å². The van der Waals surface area contributed by atoms with Crippen molar-refractivity contribution in [1.82, 2.24) is 0 Å². The summed E-state index contributed by atoms with van der Waals surface area (Å²) >= 11 is 1.16. The molecule has 0 radical (unpaired) electrons. The molecule has 0 unspecified atom stereocenters. The molecule has 0 spiro atoms. The number of rotatable bonds is 4. The van der Waals surface area contributed by atoms with Gasteiger partial charge in [-0.2, -0.15) is 32.6 Å². The van der Waals surface area contributed by atoms with E-state index in [4.69, 9.17) is 0 Å². The van der Waals surface area contributed by atoms with Crippen molar-refractivity contribution in [2.75, 3.05) is 0 Å². The molecule has 2 rings (SSSR count). The fourth-order valence-electron chi connectivity index (χ4n) is 2.88. The standard InChI is InChI=1S/2C8H15.C5H11N.C2H5.Ta/c2*1-2-8-6-4-3-5-7-8;1-4-5(2,3)6;1-2;/h2*3,8H,2,4-7H2,1H3;4H2,1-3H3;1H2,2H3;/q2*-1;;-1;. The van der Waals surface area contributed by atoms with Gasteiger partial charge in [0.2, 0.25) is 0 Å². The molecule has 0 aromatic heterocycles. The second kappa shape index (κ2) is 19.3. The van der Waals surface area contributed by atoms with Gasteiger partial charge < -0.3 is 19.8 Å². The van der Waals surface area contributed by atoms with Gasteiger partial charge in [0.1, 0.15) is 0 Å². The first kappa shape index (κ1) is 27.8. The Labute approximate surface area is 173 Å². The van der Waals surface area contributed by atoms with Gasteiger partial charge >= 0.3 is 57.0 Å². The van der Waals surface area contributed by atoms with Gasteiger partial charge in [0.15, 0.2) is 0 Å². The molecular formula is C23H46NTa-3. The predicted octanol–water partition coefficient (Wildman–Crippen LogP) is 8.33. The zero-order valence-corrected chi connectivity index (χ0v) is 21.4. The molecule has 2 fully saturated rings. The maximum atomic E-state index is 4.25. The van der Waals surface area contributed by atoms with Crippen LogP contribution in [0.3, 0.4) is 0 Å². The molecule has 2 aliphatic carbocycles. The zero-order valence-electron chi connectivity index (χ0n) is 18.2. The average molecular weight is 518 g/mol. The summed E-state index contributed by atoms with van der Waals surface area (Å²) in [5.41, 5.74) is 0.258. The summed E-state index contributed by atoms with van der Waals surface area (Å²) in [6, 6.07) is 0. The van der Waals surface area contributed by atoms with Gasteiger partial charge in [0, 0.05) is 0 Å². The maximum Gasteiger partial charge on any atom is -0.0465 e. The van der Waals surface area contributed by atoms with Crippen LogP contribution in [0, 0.1) is 31.6 Å². The molecular weight excluding hydrogens is 471 g/mol. The van der Waals surface area contributed by atoms with Gasteiger partial charge in [-0.15, -0.1) is 0 Å². The van der Waals surface area contributed by atoms with Gasteiger partial charge in [-0.25, -0.2) is 0 Å². The fraction of sp³-hybridized carbons (Fsp3) is 0.870. The van der Waals surface area contributed by atoms with Crippen molar-refractivity contribution in [3.8, 4) is 0 Å². The first-order valence-electron chi connectivity index (χ1n) is 10.7. The Bertz CT molecular complexity index is 245. The Morgan fingerprint density at radius 3 is 1.28 bits per heavy atom. The van der Waals surface area contributed by atoms with Gasteiger partial charge in [0.05, 0.1) is 0 Å². The number of hydrogen-bond donors (Lipinski definition) is 0. The number of hydrogen-bond acceptors (Lipinski definition) is 1. The third-order valence-electron chi connectivity index (χ3n) is 5.41. The van der Waals surface area contributed by atoms with Crippen LogP contribution < -0.4 is 0 Å². The van der Waals surface area contributed by atoms with Crippen molar-refractivity contribution in [3.05, 3.63) is 19.8 Å². The predicted molar refractivity (Wildman–Crippen MR) is 111 cm³/mol. The molecule has 151 valence electrons. The Morgan fingerprint density at radius 2 is 1.16 bits per heavy atom. The van der Waals surface area contributed by atoms with Crippen LogP contribution in [0.2, 0.25) is 0 Å². The van der Waals surface area contributed by atoms with E-state index in [0.29, 0.717) is 0 Å². The van der Waals surface area contributed by atoms with E-state index in [1.54, 1.807) is 6.92 Å². The van der Waals surface area contributed by atoms with E-state index in [2.05, 4.69) is 57.7 Å². The molecule has 0 amide bonds. The molecule has 2 saturated carbocycles. The van der Waals surface area contributed by atoms with E-state index in [1.165, 1.54) is 64.2 Å². The summed E-state index contributed by atoms with van der Waals surface area (Å²) in [5, 5.41) is 0. The summed E-state index contributed by atoms with van der Waals surface area (Å²) in [6.45, 7) is 16.1. The van der Waals surface area contributed by atoms with Gasteiger partial charge in [-0.3, -0.25) is 0 Å². The monoisotopic (exact) mass is 517 g/mol. The SMILES string of the molecule is CCC(C)(C)[N]=[Ta].CCC1CC[CH-]CC1.CCC1CC[CH-]CC1.[CH2-]C. The minimum atomic E-state index is 0.258. The normalized spacial score (nSPS) is 18.5. The van der Waals surface area contributed by atoms with Crippen LogP contribution in [0.25, 0.3) is 0 Å². The smallest absolute Gasteiger partial charge is 0.0465 e. The minimum absolute atomic E-state index is 0.258. The van der Waals surface area contributed by atoms with Gasteiger partial charge in [0.25, 0.3) is 0 Å². The average Bonchev–Trinajstić information content (AvgIpc) is 2.71. The molecule has 0 N–H and O–H groups in total. The molecule has 2 aliphatic rings. The molecule has 0 aromatic rings. The van der Waals surface area contributed by atoms with E-state index in [-0.39, 0.29) is 5.54 Å². The largest absolute Gasteiger partial charge is 0.346 e. The van der Waals surface area contributed by atoms with E-state index in [1.807, 2.05) is 0 Å². The van der Waals surface area contributed by atoms with Crippen LogP contribution in [0.15, 0.2) is 3.34 Å². The summed E-state index contributed by atoms with van der Waals surface area (Å²) < 4.78 is 4.25. The molecule has 1 nitrogen and oxygen atoms in total. The molecule has 2 heteroatoms. The Kier molecular flexibility index (Phi) is 21.4. The molecule has 0 saturated heterocycles. The second-order valence-electron chi connectivity index (χ2n) is 7.70. The summed E-state index contributed by atoms with van der Waals surface area (Å²) in [6.07, 6.45) is 20.1. The van der Waals surface area contributed by atoms with Crippen LogP contribution in [0.5, 0.6) is 0 Å². The maximum absolute atomic E-state index is 4.25. The summed E-state index contributed by atoms with van der Waals surface area (Å²) in [7, 11) is 0. The van der Waals surface area contributed by atoms with E-state index < -0.39 is 0 Å².